The van der Waals surface area contributed by atoms with Gasteiger partial charge >= 0.3 is 0 Å². The van der Waals surface area contributed by atoms with Crippen molar-refractivity contribution < 1.29 is 4.74 Å². The van der Waals surface area contributed by atoms with Gasteiger partial charge in [-0.05, 0) is 25.8 Å². The number of nitrogens with one attached hydrogen (secondary N) is 1. The largest absolute Gasteiger partial charge is 0.473 e. The smallest absolute Gasteiger partial charge is 0.232 e. The fourth-order valence-electron chi connectivity index (χ4n) is 1.44. The van der Waals surface area contributed by atoms with Crippen LogP contribution in [0.4, 0.5) is 0 Å². The maximum atomic E-state index is 5.67. The maximum Gasteiger partial charge on any atom is 0.232 e. The first-order chi connectivity index (χ1) is 7.38. The molecule has 0 aliphatic heterocycles. The molecular formula is C11H17N3O. The summed E-state index contributed by atoms with van der Waals surface area (Å²) in [6.07, 6.45) is 7.41. The number of nitrogens with zero attached hydrogens (tertiary/aromatic N) is 2. The summed E-state index contributed by atoms with van der Waals surface area (Å²) < 4.78 is 5.67. The van der Waals surface area contributed by atoms with Crippen molar-refractivity contribution in [2.45, 2.75) is 38.8 Å². The third-order valence-corrected chi connectivity index (χ3v) is 2.56. The molecule has 0 spiro atoms. The normalized spacial score (nSPS) is 16.1. The van der Waals surface area contributed by atoms with Crippen molar-refractivity contribution in [1.82, 2.24) is 15.3 Å². The first-order valence-corrected chi connectivity index (χ1v) is 5.57. The Morgan fingerprint density at radius 1 is 1.47 bits per heavy atom. The van der Waals surface area contributed by atoms with Crippen LogP contribution in [0.25, 0.3) is 0 Å². The van der Waals surface area contributed by atoms with Gasteiger partial charge in [0.25, 0.3) is 0 Å². The lowest BCUT2D eigenvalue weighted by molar-refractivity contribution is 0.114. The molecule has 1 aliphatic carbocycles. The van der Waals surface area contributed by atoms with Crippen LogP contribution in [0, 0.1) is 0 Å². The van der Waals surface area contributed by atoms with Gasteiger partial charge in [-0.25, -0.2) is 4.98 Å². The molecule has 1 saturated carbocycles. The van der Waals surface area contributed by atoms with Gasteiger partial charge in [0.05, 0.1) is 11.9 Å². The number of ether oxygens (including phenoxy) is 1. The lowest BCUT2D eigenvalue weighted by Gasteiger charge is -2.25. The monoisotopic (exact) mass is 207 g/mol. The van der Waals surface area contributed by atoms with Gasteiger partial charge in [-0.3, -0.25) is 4.98 Å². The van der Waals surface area contributed by atoms with E-state index >= 15 is 0 Å². The van der Waals surface area contributed by atoms with Crippen LogP contribution in [0.3, 0.4) is 0 Å². The van der Waals surface area contributed by atoms with Crippen molar-refractivity contribution >= 4 is 0 Å². The van der Waals surface area contributed by atoms with E-state index in [0.717, 1.165) is 31.6 Å². The van der Waals surface area contributed by atoms with E-state index in [1.165, 1.54) is 6.42 Å². The molecule has 1 aromatic rings. The molecule has 1 aliphatic rings. The van der Waals surface area contributed by atoms with E-state index in [0.29, 0.717) is 12.0 Å². The highest BCUT2D eigenvalue weighted by atomic mass is 16.5. The van der Waals surface area contributed by atoms with Gasteiger partial charge in [-0.1, -0.05) is 6.92 Å². The lowest BCUT2D eigenvalue weighted by atomic mass is 9.96. The van der Waals surface area contributed by atoms with Gasteiger partial charge in [0.2, 0.25) is 5.88 Å². The molecule has 4 heteroatoms. The molecule has 0 atom stereocenters. The van der Waals surface area contributed by atoms with Crippen LogP contribution in [0.5, 0.6) is 5.88 Å². The second-order valence-electron chi connectivity index (χ2n) is 3.80. The van der Waals surface area contributed by atoms with Gasteiger partial charge in [0.15, 0.2) is 0 Å². The molecular weight excluding hydrogens is 190 g/mol. The molecule has 1 N–H and O–H groups in total. The Balaban J connectivity index is 1.92. The molecule has 0 saturated heterocycles. The fraction of sp³-hybridized carbons (Fsp3) is 0.636. The average Bonchev–Trinajstić information content (AvgIpc) is 2.21. The topological polar surface area (TPSA) is 47.0 Å². The number of rotatable bonds is 5. The summed E-state index contributed by atoms with van der Waals surface area (Å²) in [5.74, 6) is 0.662. The van der Waals surface area contributed by atoms with Crippen molar-refractivity contribution in [1.29, 1.82) is 0 Å². The highest BCUT2D eigenvalue weighted by Gasteiger charge is 2.19. The van der Waals surface area contributed by atoms with Crippen molar-refractivity contribution in [3.8, 4) is 5.88 Å². The van der Waals surface area contributed by atoms with Gasteiger partial charge in [-0.15, -0.1) is 0 Å². The van der Waals surface area contributed by atoms with E-state index < -0.39 is 0 Å². The Labute approximate surface area is 90.1 Å². The Hall–Kier alpha value is -1.16. The highest BCUT2D eigenvalue weighted by molar-refractivity contribution is 5.09. The molecule has 0 unspecified atom stereocenters. The summed E-state index contributed by atoms with van der Waals surface area (Å²) in [5.41, 5.74) is 0.939. The minimum atomic E-state index is 0.369. The van der Waals surface area contributed by atoms with Gasteiger partial charge in [-0.2, -0.15) is 0 Å². The van der Waals surface area contributed by atoms with Gasteiger partial charge < -0.3 is 10.1 Å². The minimum absolute atomic E-state index is 0.369. The first-order valence-electron chi connectivity index (χ1n) is 5.57. The number of hydrogen-bond acceptors (Lipinski definition) is 4. The zero-order valence-electron chi connectivity index (χ0n) is 9.07. The molecule has 0 amide bonds. The summed E-state index contributed by atoms with van der Waals surface area (Å²) in [6, 6.07) is 0. The molecule has 2 rings (SSSR count). The van der Waals surface area contributed by atoms with Crippen molar-refractivity contribution in [3.63, 3.8) is 0 Å². The highest BCUT2D eigenvalue weighted by Crippen LogP contribution is 2.23. The van der Waals surface area contributed by atoms with E-state index in [1.54, 1.807) is 12.4 Å². The number of aromatic nitrogens is 2. The molecule has 15 heavy (non-hydrogen) atoms. The Kier molecular flexibility index (Phi) is 3.50. The zero-order valence-corrected chi connectivity index (χ0v) is 9.07. The molecule has 1 aromatic heterocycles. The third-order valence-electron chi connectivity index (χ3n) is 2.56. The zero-order chi connectivity index (χ0) is 10.5. The summed E-state index contributed by atoms with van der Waals surface area (Å²) in [7, 11) is 0. The second kappa shape index (κ2) is 5.07. The van der Waals surface area contributed by atoms with E-state index in [4.69, 9.17) is 4.74 Å². The van der Waals surface area contributed by atoms with Crippen LogP contribution in [-0.4, -0.2) is 22.6 Å². The standard InChI is InChI=1S/C11H17N3O/c1-2-12-6-9-7-13-8-11(14-9)15-10-4-3-5-10/h7-8,10,12H,2-6H2,1H3. The number of hydrogen-bond donors (Lipinski definition) is 1. The molecule has 0 bridgehead atoms. The van der Waals surface area contributed by atoms with Crippen LogP contribution in [0.15, 0.2) is 12.4 Å². The summed E-state index contributed by atoms with van der Waals surface area (Å²) in [5, 5.41) is 3.21. The Morgan fingerprint density at radius 2 is 2.33 bits per heavy atom. The Morgan fingerprint density at radius 3 is 3.00 bits per heavy atom. The minimum Gasteiger partial charge on any atom is -0.473 e. The van der Waals surface area contributed by atoms with Crippen LogP contribution in [0.2, 0.25) is 0 Å². The van der Waals surface area contributed by atoms with E-state index in [2.05, 4.69) is 22.2 Å². The van der Waals surface area contributed by atoms with Crippen molar-refractivity contribution in [2.24, 2.45) is 0 Å². The second-order valence-corrected chi connectivity index (χ2v) is 3.80. The van der Waals surface area contributed by atoms with E-state index in [-0.39, 0.29) is 0 Å². The summed E-state index contributed by atoms with van der Waals surface area (Å²) in [4.78, 5) is 8.51. The molecule has 4 nitrogen and oxygen atoms in total. The molecule has 82 valence electrons. The first kappa shape index (κ1) is 10.4. The Bertz CT molecular complexity index is 312. The third kappa shape index (κ3) is 2.89. The van der Waals surface area contributed by atoms with Gasteiger partial charge in [0, 0.05) is 12.7 Å². The van der Waals surface area contributed by atoms with Gasteiger partial charge in [0.1, 0.15) is 6.10 Å². The van der Waals surface area contributed by atoms with E-state index in [1.807, 2.05) is 0 Å². The molecule has 0 radical (unpaired) electrons. The van der Waals surface area contributed by atoms with Crippen LogP contribution in [0.1, 0.15) is 31.9 Å². The summed E-state index contributed by atoms with van der Waals surface area (Å²) >= 11 is 0. The molecule has 0 aromatic carbocycles. The predicted molar refractivity (Wildman–Crippen MR) is 57.7 cm³/mol. The van der Waals surface area contributed by atoms with Crippen LogP contribution in [-0.2, 0) is 6.54 Å². The lowest BCUT2D eigenvalue weighted by Crippen LogP contribution is -2.25. The molecule has 1 fully saturated rings. The van der Waals surface area contributed by atoms with E-state index in [9.17, 15) is 0 Å². The van der Waals surface area contributed by atoms with Crippen molar-refractivity contribution in [2.75, 3.05) is 6.54 Å². The van der Waals surface area contributed by atoms with Crippen LogP contribution < -0.4 is 10.1 Å². The summed E-state index contributed by atoms with van der Waals surface area (Å²) in [6.45, 7) is 3.77. The van der Waals surface area contributed by atoms with Crippen LogP contribution >= 0.6 is 0 Å². The molecule has 1 heterocycles. The maximum absolute atomic E-state index is 5.67. The quantitative estimate of drug-likeness (QED) is 0.795. The van der Waals surface area contributed by atoms with Crippen molar-refractivity contribution in [3.05, 3.63) is 18.1 Å². The average molecular weight is 207 g/mol. The fourth-order valence-corrected chi connectivity index (χ4v) is 1.44. The predicted octanol–water partition coefficient (Wildman–Crippen LogP) is 1.52. The SMILES string of the molecule is CCNCc1cncc(OC2CCC2)n1.